The second-order valence-corrected chi connectivity index (χ2v) is 6.88. The quantitative estimate of drug-likeness (QED) is 0.434. The van der Waals surface area contributed by atoms with Gasteiger partial charge in [0.2, 0.25) is 0 Å². The molecule has 29 heavy (non-hydrogen) atoms. The number of non-ortho nitro benzene ring substituents is 1. The Morgan fingerprint density at radius 1 is 1.24 bits per heavy atom. The Balaban J connectivity index is 1.82. The van der Waals surface area contributed by atoms with Gasteiger partial charge >= 0.3 is 5.97 Å². The van der Waals surface area contributed by atoms with Gasteiger partial charge in [-0.1, -0.05) is 11.6 Å². The summed E-state index contributed by atoms with van der Waals surface area (Å²) in [6.45, 7) is 1.67. The van der Waals surface area contributed by atoms with E-state index in [-0.39, 0.29) is 23.6 Å². The highest BCUT2D eigenvalue weighted by Crippen LogP contribution is 2.29. The fraction of sp³-hybridized carbons (Fsp3) is 0.150. The minimum Gasteiger partial charge on any atom is -0.478 e. The van der Waals surface area contributed by atoms with Gasteiger partial charge in [0, 0.05) is 28.4 Å². The van der Waals surface area contributed by atoms with E-state index in [9.17, 15) is 24.8 Å². The first-order chi connectivity index (χ1) is 13.8. The SMILES string of the molecule is CC1=NN(c2ccc(Cl)cc2)C(=O)C1C/C(=C/c1ccc([N+](=O)[O-])cc1)C(=O)O. The summed E-state index contributed by atoms with van der Waals surface area (Å²) in [6, 6.07) is 12.1. The monoisotopic (exact) mass is 413 g/mol. The molecule has 1 heterocycles. The lowest BCUT2D eigenvalue weighted by atomic mass is 9.94. The predicted octanol–water partition coefficient (Wildman–Crippen LogP) is 4.15. The van der Waals surface area contributed by atoms with Crippen LogP contribution in [-0.4, -0.2) is 27.6 Å². The summed E-state index contributed by atoms with van der Waals surface area (Å²) in [5.74, 6) is -2.22. The molecule has 0 fully saturated rings. The van der Waals surface area contributed by atoms with Crippen LogP contribution in [0.5, 0.6) is 0 Å². The van der Waals surface area contributed by atoms with Gasteiger partial charge in [-0.25, -0.2) is 9.80 Å². The zero-order valence-electron chi connectivity index (χ0n) is 15.3. The van der Waals surface area contributed by atoms with E-state index in [1.54, 1.807) is 31.2 Å². The van der Waals surface area contributed by atoms with Crippen LogP contribution in [0.1, 0.15) is 18.9 Å². The van der Waals surface area contributed by atoms with E-state index in [1.165, 1.54) is 35.4 Å². The van der Waals surface area contributed by atoms with Gasteiger partial charge in [0.15, 0.2) is 0 Å². The summed E-state index contributed by atoms with van der Waals surface area (Å²) in [7, 11) is 0. The lowest BCUT2D eigenvalue weighted by molar-refractivity contribution is -0.384. The van der Waals surface area contributed by atoms with Crippen LogP contribution in [0.4, 0.5) is 11.4 Å². The summed E-state index contributed by atoms with van der Waals surface area (Å²) in [6.07, 6.45) is 1.35. The molecule has 0 saturated heterocycles. The molecule has 3 rings (SSSR count). The Bertz CT molecular complexity index is 1030. The van der Waals surface area contributed by atoms with Gasteiger partial charge in [0.05, 0.1) is 16.5 Å². The van der Waals surface area contributed by atoms with Crippen LogP contribution < -0.4 is 5.01 Å². The number of rotatable bonds is 6. The van der Waals surface area contributed by atoms with Crippen LogP contribution in [0, 0.1) is 16.0 Å². The zero-order chi connectivity index (χ0) is 21.1. The molecule has 1 amide bonds. The van der Waals surface area contributed by atoms with Crippen molar-refractivity contribution in [3.8, 4) is 0 Å². The number of amides is 1. The van der Waals surface area contributed by atoms with E-state index in [4.69, 9.17) is 11.6 Å². The highest BCUT2D eigenvalue weighted by Gasteiger charge is 2.35. The van der Waals surface area contributed by atoms with Gasteiger partial charge in [-0.3, -0.25) is 14.9 Å². The summed E-state index contributed by atoms with van der Waals surface area (Å²) < 4.78 is 0. The number of hydrogen-bond donors (Lipinski definition) is 1. The van der Waals surface area contributed by atoms with E-state index in [0.717, 1.165) is 0 Å². The number of carbonyl (C=O) groups excluding carboxylic acids is 1. The number of hydrogen-bond acceptors (Lipinski definition) is 5. The first-order valence-electron chi connectivity index (χ1n) is 8.59. The Labute approximate surface area is 170 Å². The number of benzene rings is 2. The molecule has 9 heteroatoms. The smallest absolute Gasteiger partial charge is 0.331 e. The van der Waals surface area contributed by atoms with E-state index >= 15 is 0 Å². The second-order valence-electron chi connectivity index (χ2n) is 6.45. The first-order valence-corrected chi connectivity index (χ1v) is 8.97. The number of aliphatic carboxylic acids is 1. The number of nitro groups is 1. The van der Waals surface area contributed by atoms with Crippen molar-refractivity contribution >= 4 is 46.6 Å². The van der Waals surface area contributed by atoms with Crippen molar-refractivity contribution in [2.75, 3.05) is 5.01 Å². The van der Waals surface area contributed by atoms with E-state index in [1.807, 2.05) is 0 Å². The number of nitrogens with zero attached hydrogens (tertiary/aromatic N) is 3. The Morgan fingerprint density at radius 2 is 1.86 bits per heavy atom. The van der Waals surface area contributed by atoms with Crippen molar-refractivity contribution in [1.29, 1.82) is 0 Å². The predicted molar refractivity (Wildman–Crippen MR) is 109 cm³/mol. The van der Waals surface area contributed by atoms with Gasteiger partial charge in [-0.2, -0.15) is 5.10 Å². The number of hydrazone groups is 1. The summed E-state index contributed by atoms with van der Waals surface area (Å²) in [5, 5.41) is 26.3. The third-order valence-corrected chi connectivity index (χ3v) is 4.74. The summed E-state index contributed by atoms with van der Waals surface area (Å²) >= 11 is 5.87. The summed E-state index contributed by atoms with van der Waals surface area (Å²) in [5.41, 5.74) is 1.44. The van der Waals surface area contributed by atoms with Crippen LogP contribution >= 0.6 is 11.6 Å². The van der Waals surface area contributed by atoms with Crippen molar-refractivity contribution in [2.24, 2.45) is 11.0 Å². The molecule has 2 aromatic carbocycles. The molecular weight excluding hydrogens is 398 g/mol. The maximum atomic E-state index is 12.8. The van der Waals surface area contributed by atoms with Crippen molar-refractivity contribution in [2.45, 2.75) is 13.3 Å². The maximum Gasteiger partial charge on any atom is 0.331 e. The number of nitro benzene ring substituents is 1. The van der Waals surface area contributed by atoms with Crippen LogP contribution in [0.15, 0.2) is 59.2 Å². The van der Waals surface area contributed by atoms with Crippen molar-refractivity contribution in [3.63, 3.8) is 0 Å². The molecule has 1 aliphatic rings. The van der Waals surface area contributed by atoms with Gasteiger partial charge in [-0.15, -0.1) is 0 Å². The molecule has 1 atom stereocenters. The zero-order valence-corrected chi connectivity index (χ0v) is 16.0. The van der Waals surface area contributed by atoms with Crippen molar-refractivity contribution in [3.05, 3.63) is 74.8 Å². The lowest BCUT2D eigenvalue weighted by Gasteiger charge is -2.14. The number of carboxylic acids is 1. The largest absolute Gasteiger partial charge is 0.478 e. The van der Waals surface area contributed by atoms with Crippen molar-refractivity contribution < 1.29 is 19.6 Å². The molecule has 1 N–H and O–H groups in total. The third kappa shape index (κ3) is 4.49. The standard InChI is InChI=1S/C20H16ClN3O5/c1-12-18(19(25)23(22-12)16-8-4-15(21)5-9-16)11-14(20(26)27)10-13-2-6-17(7-3-13)24(28)29/h2-10,18H,11H2,1H3,(H,26,27)/b14-10-. The second kappa shape index (κ2) is 8.24. The summed E-state index contributed by atoms with van der Waals surface area (Å²) in [4.78, 5) is 34.7. The molecule has 148 valence electrons. The fourth-order valence-electron chi connectivity index (χ4n) is 2.93. The number of carbonyl (C=O) groups is 2. The normalized spacial score (nSPS) is 16.7. The minimum atomic E-state index is -1.17. The highest BCUT2D eigenvalue weighted by molar-refractivity contribution is 6.30. The molecular formula is C20H16ClN3O5. The maximum absolute atomic E-state index is 12.8. The fourth-order valence-corrected chi connectivity index (χ4v) is 3.05. The number of carboxylic acid groups (broad SMARTS) is 1. The highest BCUT2D eigenvalue weighted by atomic mass is 35.5. The molecule has 1 aliphatic heterocycles. The molecule has 0 aromatic heterocycles. The topological polar surface area (TPSA) is 113 Å². The van der Waals surface area contributed by atoms with Gasteiger partial charge < -0.3 is 5.11 Å². The molecule has 2 aromatic rings. The average Bonchev–Trinajstić information content (AvgIpc) is 2.96. The van der Waals surface area contributed by atoms with E-state index in [2.05, 4.69) is 5.10 Å². The molecule has 8 nitrogen and oxygen atoms in total. The molecule has 0 radical (unpaired) electrons. The first kappa shape index (κ1) is 20.2. The minimum absolute atomic E-state index is 0.00436. The van der Waals surface area contributed by atoms with Crippen molar-refractivity contribution in [1.82, 2.24) is 0 Å². The molecule has 0 bridgehead atoms. The van der Waals surface area contributed by atoms with Crippen LogP contribution in [0.2, 0.25) is 5.02 Å². The Hall–Kier alpha value is -3.52. The number of anilines is 1. The van der Waals surface area contributed by atoms with Gasteiger partial charge in [0.1, 0.15) is 0 Å². The third-order valence-electron chi connectivity index (χ3n) is 4.48. The molecule has 0 aliphatic carbocycles. The Morgan fingerprint density at radius 3 is 2.41 bits per heavy atom. The van der Waals surface area contributed by atoms with Crippen LogP contribution in [0.3, 0.4) is 0 Å². The van der Waals surface area contributed by atoms with Gasteiger partial charge in [0.25, 0.3) is 11.6 Å². The van der Waals surface area contributed by atoms with Crippen LogP contribution in [-0.2, 0) is 9.59 Å². The molecule has 1 unspecified atom stereocenters. The van der Waals surface area contributed by atoms with E-state index < -0.39 is 16.8 Å². The average molecular weight is 414 g/mol. The van der Waals surface area contributed by atoms with Crippen LogP contribution in [0.25, 0.3) is 6.08 Å². The Kier molecular flexibility index (Phi) is 5.74. The number of halogens is 1. The molecule has 0 spiro atoms. The van der Waals surface area contributed by atoms with Gasteiger partial charge in [-0.05, 0) is 61.4 Å². The molecule has 0 saturated carbocycles. The van der Waals surface area contributed by atoms with E-state index in [0.29, 0.717) is 22.0 Å². The lowest BCUT2D eigenvalue weighted by Crippen LogP contribution is -2.28.